The van der Waals surface area contributed by atoms with Crippen molar-refractivity contribution in [1.82, 2.24) is 20.2 Å². The summed E-state index contributed by atoms with van der Waals surface area (Å²) >= 11 is 0. The summed E-state index contributed by atoms with van der Waals surface area (Å²) in [6.07, 6.45) is 5.10. The third-order valence-corrected chi connectivity index (χ3v) is 7.74. The van der Waals surface area contributed by atoms with Crippen molar-refractivity contribution in [2.24, 2.45) is 0 Å². The predicted molar refractivity (Wildman–Crippen MR) is 137 cm³/mol. The van der Waals surface area contributed by atoms with Gasteiger partial charge in [-0.3, -0.25) is 14.7 Å². The van der Waals surface area contributed by atoms with Crippen LogP contribution in [-0.2, 0) is 23.3 Å². The van der Waals surface area contributed by atoms with Gasteiger partial charge in [0, 0.05) is 36.3 Å². The number of amides is 3. The summed E-state index contributed by atoms with van der Waals surface area (Å²) in [5.41, 5.74) is 2.87. The molecule has 37 heavy (non-hydrogen) atoms. The summed E-state index contributed by atoms with van der Waals surface area (Å²) < 4.78 is 5.55. The van der Waals surface area contributed by atoms with Crippen LogP contribution in [0.5, 0.6) is 0 Å². The number of ether oxygens (including phenoxy) is 1. The van der Waals surface area contributed by atoms with Crippen molar-refractivity contribution >= 4 is 28.7 Å². The Morgan fingerprint density at radius 2 is 2.11 bits per heavy atom. The third kappa shape index (κ3) is 4.17. The second-order valence-electron chi connectivity index (χ2n) is 10.2. The maximum absolute atomic E-state index is 12.9. The Morgan fingerprint density at radius 3 is 2.89 bits per heavy atom. The minimum atomic E-state index is -0.779. The Kier molecular flexibility index (Phi) is 5.76. The number of carbonyl (C=O) groups is 2. The van der Waals surface area contributed by atoms with E-state index in [0.717, 1.165) is 41.4 Å². The van der Waals surface area contributed by atoms with E-state index in [1.165, 1.54) is 6.42 Å². The van der Waals surface area contributed by atoms with Gasteiger partial charge in [-0.05, 0) is 67.6 Å². The van der Waals surface area contributed by atoms with Gasteiger partial charge in [0.15, 0.2) is 0 Å². The van der Waals surface area contributed by atoms with Crippen LogP contribution < -0.4 is 10.2 Å². The average molecular weight is 497 g/mol. The Bertz CT molecular complexity index is 1450. The SMILES string of the molecule is C[C@@]1(C#N)COCc2ccc(C(=O)NCc3cc4nc(N5CCN(C6CCC6)C5=O)ccc4cn3)cc21. The van der Waals surface area contributed by atoms with Gasteiger partial charge in [-0.2, -0.15) is 5.26 Å². The lowest BCUT2D eigenvalue weighted by atomic mass is 9.79. The van der Waals surface area contributed by atoms with Gasteiger partial charge < -0.3 is 15.0 Å². The Hall–Kier alpha value is -4.03. The van der Waals surface area contributed by atoms with Crippen molar-refractivity contribution in [1.29, 1.82) is 5.26 Å². The zero-order valence-corrected chi connectivity index (χ0v) is 20.7. The number of nitrogens with zero attached hydrogens (tertiary/aromatic N) is 5. The van der Waals surface area contributed by atoms with Crippen LogP contribution in [0.2, 0.25) is 0 Å². The minimum Gasteiger partial charge on any atom is -0.375 e. The number of anilines is 1. The van der Waals surface area contributed by atoms with E-state index in [1.807, 2.05) is 36.1 Å². The molecule has 3 aliphatic rings. The Morgan fingerprint density at radius 1 is 1.24 bits per heavy atom. The molecule has 2 aliphatic heterocycles. The van der Waals surface area contributed by atoms with Crippen molar-refractivity contribution in [2.45, 2.75) is 50.8 Å². The van der Waals surface area contributed by atoms with Gasteiger partial charge in [-0.15, -0.1) is 0 Å². The summed E-state index contributed by atoms with van der Waals surface area (Å²) in [5, 5.41) is 13.4. The van der Waals surface area contributed by atoms with Crippen LogP contribution in [0.3, 0.4) is 0 Å². The number of benzene rings is 1. The van der Waals surface area contributed by atoms with Crippen molar-refractivity contribution < 1.29 is 14.3 Å². The number of aromatic nitrogens is 2. The molecule has 6 rings (SSSR count). The van der Waals surface area contributed by atoms with E-state index in [-0.39, 0.29) is 18.5 Å². The number of nitriles is 1. The molecular weight excluding hydrogens is 468 g/mol. The molecule has 9 heteroatoms. The van der Waals surface area contributed by atoms with E-state index >= 15 is 0 Å². The molecule has 2 aromatic heterocycles. The molecule has 1 aliphatic carbocycles. The molecule has 2 fully saturated rings. The lowest BCUT2D eigenvalue weighted by Gasteiger charge is -2.34. The second kappa shape index (κ2) is 9.12. The maximum Gasteiger partial charge on any atom is 0.326 e. The number of pyridine rings is 2. The van der Waals surface area contributed by atoms with Crippen LogP contribution in [0.1, 0.15) is 53.4 Å². The van der Waals surface area contributed by atoms with E-state index < -0.39 is 5.41 Å². The quantitative estimate of drug-likeness (QED) is 0.577. The van der Waals surface area contributed by atoms with Gasteiger partial charge in [0.05, 0.1) is 37.0 Å². The number of rotatable bonds is 5. The van der Waals surface area contributed by atoms with Gasteiger partial charge in [0.1, 0.15) is 11.2 Å². The van der Waals surface area contributed by atoms with Crippen LogP contribution in [0.4, 0.5) is 10.6 Å². The standard InChI is InChI=1S/C28H28N6O3/c1-28(16-29)17-37-15-20-6-5-18(11-23(20)28)26(35)31-14-21-12-24-19(13-30-21)7-8-25(32-24)34-10-9-33(27(34)36)22-3-2-4-22/h5-8,11-13,22H,2-4,9-10,14-15,17H2,1H3,(H,31,35)/t28-/m1/s1. The molecule has 188 valence electrons. The van der Waals surface area contributed by atoms with E-state index in [1.54, 1.807) is 23.2 Å². The van der Waals surface area contributed by atoms with Gasteiger partial charge in [-0.1, -0.05) is 6.07 Å². The van der Waals surface area contributed by atoms with E-state index in [4.69, 9.17) is 9.72 Å². The molecule has 3 aromatic rings. The first kappa shape index (κ1) is 23.4. The first-order valence-corrected chi connectivity index (χ1v) is 12.7. The normalized spacial score (nSPS) is 21.5. The zero-order chi connectivity index (χ0) is 25.6. The van der Waals surface area contributed by atoms with Crippen LogP contribution in [-0.4, -0.2) is 52.5 Å². The lowest BCUT2D eigenvalue weighted by Crippen LogP contribution is -2.43. The third-order valence-electron chi connectivity index (χ3n) is 7.74. The average Bonchev–Trinajstić information content (AvgIpc) is 3.26. The lowest BCUT2D eigenvalue weighted by molar-refractivity contribution is 0.0757. The number of fused-ring (bicyclic) bond motifs is 2. The highest BCUT2D eigenvalue weighted by Gasteiger charge is 2.37. The maximum atomic E-state index is 12.9. The summed E-state index contributed by atoms with van der Waals surface area (Å²) in [7, 11) is 0. The predicted octanol–water partition coefficient (Wildman–Crippen LogP) is 3.67. The van der Waals surface area contributed by atoms with Crippen molar-refractivity contribution in [3.63, 3.8) is 0 Å². The molecule has 0 radical (unpaired) electrons. The fourth-order valence-corrected chi connectivity index (χ4v) is 5.26. The first-order valence-electron chi connectivity index (χ1n) is 12.7. The molecule has 0 bridgehead atoms. The number of hydrogen-bond acceptors (Lipinski definition) is 6. The molecular formula is C28H28N6O3. The van der Waals surface area contributed by atoms with Crippen LogP contribution >= 0.6 is 0 Å². The highest BCUT2D eigenvalue weighted by Crippen LogP contribution is 2.33. The van der Waals surface area contributed by atoms with Gasteiger partial charge in [-0.25, -0.2) is 9.78 Å². The summed E-state index contributed by atoms with van der Waals surface area (Å²) in [4.78, 5) is 38.8. The summed E-state index contributed by atoms with van der Waals surface area (Å²) in [6.45, 7) is 4.17. The molecule has 0 unspecified atom stereocenters. The van der Waals surface area contributed by atoms with E-state index in [9.17, 15) is 14.9 Å². The fraction of sp³-hybridized carbons (Fsp3) is 0.393. The number of urea groups is 1. The molecule has 1 N–H and O–H groups in total. The van der Waals surface area contributed by atoms with Gasteiger partial charge in [0.2, 0.25) is 0 Å². The summed E-state index contributed by atoms with van der Waals surface area (Å²) in [5.74, 6) is 0.399. The van der Waals surface area contributed by atoms with Crippen LogP contribution in [0.15, 0.2) is 42.6 Å². The largest absolute Gasteiger partial charge is 0.375 e. The first-order chi connectivity index (χ1) is 17.9. The Balaban J connectivity index is 1.17. The molecule has 4 heterocycles. The monoisotopic (exact) mass is 496 g/mol. The van der Waals surface area contributed by atoms with Crippen LogP contribution in [0, 0.1) is 11.3 Å². The van der Waals surface area contributed by atoms with Gasteiger partial charge >= 0.3 is 6.03 Å². The second-order valence-corrected chi connectivity index (χ2v) is 10.2. The smallest absolute Gasteiger partial charge is 0.326 e. The molecule has 3 amide bonds. The summed E-state index contributed by atoms with van der Waals surface area (Å²) in [6, 6.07) is 13.7. The molecule has 1 saturated heterocycles. The Labute approximate surface area is 215 Å². The molecule has 9 nitrogen and oxygen atoms in total. The molecule has 1 atom stereocenters. The highest BCUT2D eigenvalue weighted by molar-refractivity contribution is 5.95. The number of hydrogen-bond donors (Lipinski definition) is 1. The molecule has 1 saturated carbocycles. The molecule has 0 spiro atoms. The van der Waals surface area contributed by atoms with Crippen LogP contribution in [0.25, 0.3) is 10.9 Å². The van der Waals surface area contributed by atoms with Gasteiger partial charge in [0.25, 0.3) is 5.91 Å². The fourth-order valence-electron chi connectivity index (χ4n) is 5.26. The minimum absolute atomic E-state index is 0.0298. The number of carbonyl (C=O) groups excluding carboxylic acids is 2. The number of nitrogens with one attached hydrogen (secondary N) is 1. The molecule has 1 aromatic carbocycles. The van der Waals surface area contributed by atoms with E-state index in [2.05, 4.69) is 16.4 Å². The highest BCUT2D eigenvalue weighted by atomic mass is 16.5. The topological polar surface area (TPSA) is 111 Å². The van der Waals surface area contributed by atoms with Crippen molar-refractivity contribution in [3.8, 4) is 6.07 Å². The zero-order valence-electron chi connectivity index (χ0n) is 20.7. The van der Waals surface area contributed by atoms with Crippen molar-refractivity contribution in [2.75, 3.05) is 24.6 Å². The van der Waals surface area contributed by atoms with Crippen molar-refractivity contribution in [3.05, 3.63) is 65.0 Å². The van der Waals surface area contributed by atoms with E-state index in [0.29, 0.717) is 42.9 Å².